The van der Waals surface area contributed by atoms with Crippen LogP contribution in [-0.4, -0.2) is 30.8 Å². The topological polar surface area (TPSA) is 50.3 Å². The molecule has 0 spiro atoms. The predicted octanol–water partition coefficient (Wildman–Crippen LogP) is 2.18. The van der Waals surface area contributed by atoms with Crippen LogP contribution in [0.1, 0.15) is 12.5 Å². The van der Waals surface area contributed by atoms with E-state index in [9.17, 15) is 8.42 Å². The maximum Gasteiger partial charge on any atom is 0.243 e. The van der Waals surface area contributed by atoms with Gasteiger partial charge in [-0.25, -0.2) is 8.42 Å². The fourth-order valence-corrected chi connectivity index (χ4v) is 4.53. The first-order valence-corrected chi connectivity index (χ1v) is 7.77. The molecule has 1 aliphatic rings. The molecule has 0 atom stereocenters. The smallest absolute Gasteiger partial charge is 0.243 e. The molecule has 1 aromatic carbocycles. The van der Waals surface area contributed by atoms with Gasteiger partial charge < -0.3 is 0 Å². The normalized spacial score (nSPS) is 17.6. The quantitative estimate of drug-likeness (QED) is 0.844. The fraction of sp³-hybridized carbons (Fsp3) is 0.357. The second-order valence-electron chi connectivity index (χ2n) is 5.24. The van der Waals surface area contributed by atoms with Crippen LogP contribution in [0.2, 0.25) is 0 Å². The molecule has 0 bridgehead atoms. The molecule has 1 aliphatic heterocycles. The van der Waals surface area contributed by atoms with Crippen LogP contribution in [0.25, 0.3) is 10.8 Å². The Labute approximate surface area is 113 Å². The summed E-state index contributed by atoms with van der Waals surface area (Å²) in [5.74, 6) is 0.451. The van der Waals surface area contributed by atoms with Crippen LogP contribution in [0.4, 0.5) is 0 Å². The van der Waals surface area contributed by atoms with E-state index in [1.54, 1.807) is 28.8 Å². The SMILES string of the molecule is Cc1cncc2cccc(S(=O)(=O)N3CC(C)C3)c12. The Bertz CT molecular complexity index is 729. The Morgan fingerprint density at radius 1 is 1.26 bits per heavy atom. The highest BCUT2D eigenvalue weighted by atomic mass is 32.2. The third-order valence-electron chi connectivity index (χ3n) is 3.58. The molecule has 0 aliphatic carbocycles. The first-order valence-electron chi connectivity index (χ1n) is 6.33. The van der Waals surface area contributed by atoms with Gasteiger partial charge in [-0.2, -0.15) is 4.31 Å². The van der Waals surface area contributed by atoms with Crippen LogP contribution >= 0.6 is 0 Å². The van der Waals surface area contributed by atoms with Gasteiger partial charge >= 0.3 is 0 Å². The van der Waals surface area contributed by atoms with E-state index in [1.165, 1.54) is 0 Å². The number of sulfonamides is 1. The van der Waals surface area contributed by atoms with Gasteiger partial charge in [0.2, 0.25) is 10.0 Å². The number of hydrogen-bond acceptors (Lipinski definition) is 3. The predicted molar refractivity (Wildman–Crippen MR) is 74.4 cm³/mol. The van der Waals surface area contributed by atoms with E-state index in [2.05, 4.69) is 11.9 Å². The summed E-state index contributed by atoms with van der Waals surface area (Å²) >= 11 is 0. The van der Waals surface area contributed by atoms with Gasteiger partial charge in [0.05, 0.1) is 4.90 Å². The highest BCUT2D eigenvalue weighted by Gasteiger charge is 2.35. The first-order chi connectivity index (χ1) is 9.00. The molecule has 2 aromatic rings. The van der Waals surface area contributed by atoms with E-state index in [0.29, 0.717) is 23.9 Å². The van der Waals surface area contributed by atoms with Gasteiger partial charge in [-0.3, -0.25) is 4.98 Å². The summed E-state index contributed by atoms with van der Waals surface area (Å²) in [5, 5.41) is 1.66. The molecule has 0 saturated carbocycles. The summed E-state index contributed by atoms with van der Waals surface area (Å²) in [5.41, 5.74) is 0.894. The van der Waals surface area contributed by atoms with Gasteiger partial charge in [0.25, 0.3) is 0 Å². The zero-order chi connectivity index (χ0) is 13.6. The average molecular weight is 276 g/mol. The summed E-state index contributed by atoms with van der Waals surface area (Å²) < 4.78 is 26.8. The minimum atomic E-state index is -3.38. The van der Waals surface area contributed by atoms with Gasteiger partial charge in [-0.1, -0.05) is 19.1 Å². The lowest BCUT2D eigenvalue weighted by Crippen LogP contribution is -2.48. The Morgan fingerprint density at radius 2 is 2.00 bits per heavy atom. The third-order valence-corrected chi connectivity index (χ3v) is 5.46. The Morgan fingerprint density at radius 3 is 2.68 bits per heavy atom. The number of nitrogens with zero attached hydrogens (tertiary/aromatic N) is 2. The highest BCUT2D eigenvalue weighted by molar-refractivity contribution is 7.89. The van der Waals surface area contributed by atoms with Crippen LogP contribution < -0.4 is 0 Å². The van der Waals surface area contributed by atoms with E-state index in [4.69, 9.17) is 0 Å². The molecule has 2 heterocycles. The second kappa shape index (κ2) is 4.28. The Balaban J connectivity index is 2.21. The maximum absolute atomic E-state index is 12.6. The van der Waals surface area contributed by atoms with Crippen molar-refractivity contribution < 1.29 is 8.42 Å². The van der Waals surface area contributed by atoms with Crippen molar-refractivity contribution in [3.8, 4) is 0 Å². The zero-order valence-electron chi connectivity index (χ0n) is 11.0. The lowest BCUT2D eigenvalue weighted by molar-refractivity contribution is 0.218. The Hall–Kier alpha value is -1.46. The van der Waals surface area contributed by atoms with Gasteiger partial charge in [-0.15, -0.1) is 0 Å². The molecular weight excluding hydrogens is 260 g/mol. The molecule has 1 fully saturated rings. The monoisotopic (exact) mass is 276 g/mol. The van der Waals surface area contributed by atoms with Gasteiger partial charge in [0.15, 0.2) is 0 Å². The van der Waals surface area contributed by atoms with Crippen molar-refractivity contribution in [3.05, 3.63) is 36.2 Å². The molecule has 100 valence electrons. The van der Waals surface area contributed by atoms with E-state index >= 15 is 0 Å². The average Bonchev–Trinajstić information content (AvgIpc) is 2.35. The van der Waals surface area contributed by atoms with Crippen LogP contribution in [0.15, 0.2) is 35.5 Å². The first kappa shape index (κ1) is 12.6. The molecular formula is C14H16N2O2S. The van der Waals surface area contributed by atoms with Crippen molar-refractivity contribution in [3.63, 3.8) is 0 Å². The lowest BCUT2D eigenvalue weighted by atomic mass is 10.1. The molecule has 19 heavy (non-hydrogen) atoms. The lowest BCUT2D eigenvalue weighted by Gasteiger charge is -2.36. The van der Waals surface area contributed by atoms with E-state index in [1.807, 2.05) is 13.0 Å². The van der Waals surface area contributed by atoms with Crippen LogP contribution in [0, 0.1) is 12.8 Å². The van der Waals surface area contributed by atoms with Gasteiger partial charge in [-0.05, 0) is 24.5 Å². The summed E-state index contributed by atoms with van der Waals surface area (Å²) in [6, 6.07) is 5.36. The van der Waals surface area contributed by atoms with Crippen molar-refractivity contribution >= 4 is 20.8 Å². The maximum atomic E-state index is 12.6. The number of hydrogen-bond donors (Lipinski definition) is 0. The summed E-state index contributed by atoms with van der Waals surface area (Å²) in [6.07, 6.45) is 3.42. The Kier molecular flexibility index (Phi) is 2.83. The van der Waals surface area contributed by atoms with Crippen molar-refractivity contribution in [1.29, 1.82) is 0 Å². The number of rotatable bonds is 2. The number of fused-ring (bicyclic) bond motifs is 1. The molecule has 1 saturated heterocycles. The van der Waals surface area contributed by atoms with Crippen LogP contribution in [-0.2, 0) is 10.0 Å². The van der Waals surface area contributed by atoms with E-state index in [-0.39, 0.29) is 0 Å². The number of aryl methyl sites for hydroxylation is 1. The van der Waals surface area contributed by atoms with Gasteiger partial charge in [0, 0.05) is 36.3 Å². The molecule has 0 N–H and O–H groups in total. The molecule has 0 amide bonds. The standard InChI is InChI=1S/C14H16N2O2S/c1-10-8-16(9-10)19(17,18)13-5-3-4-12-7-15-6-11(2)14(12)13/h3-7,10H,8-9H2,1-2H3. The van der Waals surface area contributed by atoms with Crippen LogP contribution in [0.3, 0.4) is 0 Å². The van der Waals surface area contributed by atoms with Crippen LogP contribution in [0.5, 0.6) is 0 Å². The van der Waals surface area contributed by atoms with Crippen molar-refractivity contribution in [1.82, 2.24) is 9.29 Å². The minimum absolute atomic E-state index is 0.400. The number of pyridine rings is 1. The summed E-state index contributed by atoms with van der Waals surface area (Å²) in [6.45, 7) is 5.18. The zero-order valence-corrected chi connectivity index (χ0v) is 11.8. The number of benzene rings is 1. The summed E-state index contributed by atoms with van der Waals surface area (Å²) in [7, 11) is -3.38. The van der Waals surface area contributed by atoms with Crippen molar-refractivity contribution in [2.45, 2.75) is 18.7 Å². The molecule has 4 nitrogen and oxygen atoms in total. The van der Waals surface area contributed by atoms with Crippen molar-refractivity contribution in [2.24, 2.45) is 5.92 Å². The molecule has 5 heteroatoms. The molecule has 1 aromatic heterocycles. The molecule has 3 rings (SSSR count). The highest BCUT2D eigenvalue weighted by Crippen LogP contribution is 2.31. The third kappa shape index (κ3) is 1.93. The molecule has 0 unspecified atom stereocenters. The second-order valence-corrected chi connectivity index (χ2v) is 7.14. The minimum Gasteiger partial charge on any atom is -0.264 e. The summed E-state index contributed by atoms with van der Waals surface area (Å²) in [4.78, 5) is 4.52. The van der Waals surface area contributed by atoms with Crippen molar-refractivity contribution in [2.75, 3.05) is 13.1 Å². The van der Waals surface area contributed by atoms with Gasteiger partial charge in [0.1, 0.15) is 0 Å². The van der Waals surface area contributed by atoms with E-state index < -0.39 is 10.0 Å². The van der Waals surface area contributed by atoms with E-state index in [0.717, 1.165) is 16.3 Å². The number of aromatic nitrogens is 1. The fourth-order valence-electron chi connectivity index (χ4n) is 2.56. The largest absolute Gasteiger partial charge is 0.264 e. The molecule has 0 radical (unpaired) electrons.